The first-order chi connectivity index (χ1) is 8.06. The van der Waals surface area contributed by atoms with Crippen LogP contribution in [0.1, 0.15) is 24.1 Å². The molecule has 0 saturated carbocycles. The highest BCUT2D eigenvalue weighted by atomic mass is 16.2. The lowest BCUT2D eigenvalue weighted by molar-refractivity contribution is -0.137. The van der Waals surface area contributed by atoms with Crippen molar-refractivity contribution in [3.05, 3.63) is 35.4 Å². The summed E-state index contributed by atoms with van der Waals surface area (Å²) in [4.78, 5) is 24.5. The van der Waals surface area contributed by atoms with E-state index < -0.39 is 0 Å². The molecule has 1 saturated heterocycles. The van der Waals surface area contributed by atoms with Gasteiger partial charge in [-0.15, -0.1) is 0 Å². The van der Waals surface area contributed by atoms with E-state index in [0.29, 0.717) is 0 Å². The maximum absolute atomic E-state index is 11.3. The Balaban J connectivity index is 2.13. The van der Waals surface area contributed by atoms with Crippen LogP contribution >= 0.6 is 0 Å². The fraction of sp³-hybridized carbons (Fsp3) is 0.385. The number of hydrogen-bond donors (Lipinski definition) is 1. The van der Waals surface area contributed by atoms with E-state index in [1.54, 1.807) is 0 Å². The molecule has 2 amide bonds. The number of nitrogens with zero attached hydrogens (tertiary/aromatic N) is 1. The van der Waals surface area contributed by atoms with Gasteiger partial charge in [-0.2, -0.15) is 0 Å². The molecule has 1 aliphatic heterocycles. The molecule has 0 radical (unpaired) electrons. The van der Waals surface area contributed by atoms with E-state index in [9.17, 15) is 9.59 Å². The van der Waals surface area contributed by atoms with Crippen LogP contribution in [-0.4, -0.2) is 29.8 Å². The summed E-state index contributed by atoms with van der Waals surface area (Å²) in [5, 5.41) is 2.31. The monoisotopic (exact) mass is 232 g/mol. The second-order valence-corrected chi connectivity index (χ2v) is 4.46. The molecule has 1 aliphatic rings. The zero-order chi connectivity index (χ0) is 12.4. The van der Waals surface area contributed by atoms with Crippen LogP contribution in [0.15, 0.2) is 24.3 Å². The van der Waals surface area contributed by atoms with E-state index in [1.165, 1.54) is 5.56 Å². The highest BCUT2D eigenvalue weighted by Gasteiger charge is 2.26. The van der Waals surface area contributed by atoms with Gasteiger partial charge in [0.25, 0.3) is 0 Å². The lowest BCUT2D eigenvalue weighted by Crippen LogP contribution is -2.51. The number of hydrogen-bond acceptors (Lipinski definition) is 3. The molecule has 90 valence electrons. The van der Waals surface area contributed by atoms with Crippen LogP contribution in [0.3, 0.4) is 0 Å². The predicted octanol–water partition coefficient (Wildman–Crippen LogP) is 1.01. The van der Waals surface area contributed by atoms with Gasteiger partial charge in [-0.25, -0.2) is 0 Å². The maximum atomic E-state index is 11.3. The normalized spacial score (nSPS) is 18.9. The first-order valence-corrected chi connectivity index (χ1v) is 5.69. The number of imide groups is 1. The molecule has 1 N–H and O–H groups in total. The number of amides is 2. The van der Waals surface area contributed by atoms with E-state index in [2.05, 4.69) is 5.32 Å². The standard InChI is InChI=1S/C13H16N2O2/c1-9-3-5-11(6-4-9)10(2)15-7-12(16)14-13(17)8-15/h3-6,10H,7-8H2,1-2H3,(H,14,16,17). The molecule has 0 bridgehead atoms. The summed E-state index contributed by atoms with van der Waals surface area (Å²) in [5.74, 6) is -0.444. The second kappa shape index (κ2) is 4.67. The average Bonchev–Trinajstić information content (AvgIpc) is 2.28. The summed E-state index contributed by atoms with van der Waals surface area (Å²) >= 11 is 0. The van der Waals surface area contributed by atoms with Gasteiger partial charge >= 0.3 is 0 Å². The third-order valence-electron chi connectivity index (χ3n) is 3.08. The number of rotatable bonds is 2. The van der Waals surface area contributed by atoms with Crippen LogP contribution in [0, 0.1) is 6.92 Å². The smallest absolute Gasteiger partial charge is 0.240 e. The second-order valence-electron chi connectivity index (χ2n) is 4.46. The van der Waals surface area contributed by atoms with Gasteiger partial charge in [0.05, 0.1) is 13.1 Å². The topological polar surface area (TPSA) is 49.4 Å². The fourth-order valence-corrected chi connectivity index (χ4v) is 1.99. The van der Waals surface area contributed by atoms with Gasteiger partial charge in [-0.3, -0.25) is 19.8 Å². The van der Waals surface area contributed by atoms with Gasteiger partial charge in [0.15, 0.2) is 0 Å². The lowest BCUT2D eigenvalue weighted by atomic mass is 10.0. The van der Waals surface area contributed by atoms with Gasteiger partial charge in [-0.05, 0) is 19.4 Å². The Morgan fingerprint density at radius 1 is 1.12 bits per heavy atom. The third kappa shape index (κ3) is 2.71. The Kier molecular flexibility index (Phi) is 3.24. The summed E-state index contributed by atoms with van der Waals surface area (Å²) < 4.78 is 0. The molecule has 1 atom stereocenters. The molecule has 17 heavy (non-hydrogen) atoms. The minimum Gasteiger partial charge on any atom is -0.294 e. The van der Waals surface area contributed by atoms with Crippen LogP contribution < -0.4 is 5.32 Å². The summed E-state index contributed by atoms with van der Waals surface area (Å²) in [7, 11) is 0. The molecule has 1 heterocycles. The predicted molar refractivity (Wildman–Crippen MR) is 64.3 cm³/mol. The van der Waals surface area contributed by atoms with Gasteiger partial charge in [0.2, 0.25) is 11.8 Å². The summed E-state index contributed by atoms with van der Waals surface area (Å²) in [6.07, 6.45) is 0. The van der Waals surface area contributed by atoms with Crippen molar-refractivity contribution in [1.29, 1.82) is 0 Å². The van der Waals surface area contributed by atoms with E-state index in [-0.39, 0.29) is 30.9 Å². The SMILES string of the molecule is Cc1ccc(C(C)N2CC(=O)NC(=O)C2)cc1. The molecule has 0 aromatic heterocycles. The van der Waals surface area contributed by atoms with Crippen LogP contribution in [0.2, 0.25) is 0 Å². The molecule has 1 unspecified atom stereocenters. The van der Waals surface area contributed by atoms with E-state index >= 15 is 0 Å². The number of carbonyl (C=O) groups excluding carboxylic acids is 2. The molecule has 1 aromatic carbocycles. The highest BCUT2D eigenvalue weighted by Crippen LogP contribution is 2.20. The molecule has 4 heteroatoms. The summed E-state index contributed by atoms with van der Waals surface area (Å²) in [5.41, 5.74) is 2.33. The Bertz CT molecular complexity index is 423. The van der Waals surface area contributed by atoms with Crippen LogP contribution in [0.25, 0.3) is 0 Å². The van der Waals surface area contributed by atoms with Crippen molar-refractivity contribution in [2.75, 3.05) is 13.1 Å². The molecule has 0 aliphatic carbocycles. The quantitative estimate of drug-likeness (QED) is 0.774. The van der Waals surface area contributed by atoms with Gasteiger partial charge in [0, 0.05) is 6.04 Å². The van der Waals surface area contributed by atoms with Crippen molar-refractivity contribution >= 4 is 11.8 Å². The lowest BCUT2D eigenvalue weighted by Gasteiger charge is -2.31. The molecular formula is C13H16N2O2. The van der Waals surface area contributed by atoms with E-state index in [0.717, 1.165) is 5.56 Å². The van der Waals surface area contributed by atoms with Crippen molar-refractivity contribution in [1.82, 2.24) is 10.2 Å². The Morgan fingerprint density at radius 3 is 2.18 bits per heavy atom. The van der Waals surface area contributed by atoms with Crippen molar-refractivity contribution in [2.45, 2.75) is 19.9 Å². The molecular weight excluding hydrogens is 216 g/mol. The summed E-state index contributed by atoms with van der Waals surface area (Å²) in [6, 6.07) is 8.23. The Labute approximate surface area is 101 Å². The first kappa shape index (κ1) is 11.8. The first-order valence-electron chi connectivity index (χ1n) is 5.69. The van der Waals surface area contributed by atoms with Crippen LogP contribution in [-0.2, 0) is 9.59 Å². The van der Waals surface area contributed by atoms with Crippen molar-refractivity contribution < 1.29 is 9.59 Å². The largest absolute Gasteiger partial charge is 0.294 e. The number of piperazine rings is 1. The molecule has 4 nitrogen and oxygen atoms in total. The van der Waals surface area contributed by atoms with Crippen LogP contribution in [0.4, 0.5) is 0 Å². The van der Waals surface area contributed by atoms with Crippen molar-refractivity contribution in [3.63, 3.8) is 0 Å². The zero-order valence-electron chi connectivity index (χ0n) is 10.1. The number of nitrogens with one attached hydrogen (secondary N) is 1. The molecule has 2 rings (SSSR count). The van der Waals surface area contributed by atoms with Crippen molar-refractivity contribution in [2.24, 2.45) is 0 Å². The maximum Gasteiger partial charge on any atom is 0.240 e. The highest BCUT2D eigenvalue weighted by molar-refractivity contribution is 5.99. The number of aryl methyl sites for hydroxylation is 1. The third-order valence-corrected chi connectivity index (χ3v) is 3.08. The van der Waals surface area contributed by atoms with Crippen molar-refractivity contribution in [3.8, 4) is 0 Å². The van der Waals surface area contributed by atoms with E-state index in [1.807, 2.05) is 43.0 Å². The Hall–Kier alpha value is -1.68. The average molecular weight is 232 g/mol. The van der Waals surface area contributed by atoms with Crippen LogP contribution in [0.5, 0.6) is 0 Å². The number of carbonyl (C=O) groups is 2. The fourth-order valence-electron chi connectivity index (χ4n) is 1.99. The molecule has 1 fully saturated rings. The van der Waals surface area contributed by atoms with Gasteiger partial charge < -0.3 is 0 Å². The zero-order valence-corrected chi connectivity index (χ0v) is 10.1. The minimum atomic E-state index is -0.222. The minimum absolute atomic E-state index is 0.0746. The summed E-state index contributed by atoms with van der Waals surface area (Å²) in [6.45, 7) is 4.60. The molecule has 0 spiro atoms. The number of benzene rings is 1. The van der Waals surface area contributed by atoms with Gasteiger partial charge in [-0.1, -0.05) is 29.8 Å². The Morgan fingerprint density at radius 2 is 1.65 bits per heavy atom. The van der Waals surface area contributed by atoms with Gasteiger partial charge in [0.1, 0.15) is 0 Å². The molecule has 1 aromatic rings. The van der Waals surface area contributed by atoms with E-state index in [4.69, 9.17) is 0 Å².